The third kappa shape index (κ3) is 2.29. The second-order valence-electron chi connectivity index (χ2n) is 3.24. The molecule has 0 unspecified atom stereocenters. The Morgan fingerprint density at radius 3 is 2.44 bits per heavy atom. The van der Waals surface area contributed by atoms with E-state index < -0.39 is 18.7 Å². The molecule has 2 aromatic rings. The summed E-state index contributed by atoms with van der Waals surface area (Å²) < 4.78 is 26.3. The molecule has 1 N–H and O–H groups in total. The number of hydrogen-bond donors (Lipinski definition) is 1. The van der Waals surface area contributed by atoms with Gasteiger partial charge in [-0.15, -0.1) is 10.2 Å². The summed E-state index contributed by atoms with van der Waals surface area (Å²) in [5, 5.41) is 19.9. The van der Waals surface area contributed by atoms with E-state index in [1.807, 2.05) is 0 Å². The molecule has 0 atom stereocenters. The van der Waals surface area contributed by atoms with Crippen molar-refractivity contribution in [3.05, 3.63) is 33.7 Å². The van der Waals surface area contributed by atoms with Crippen molar-refractivity contribution in [2.75, 3.05) is 0 Å². The number of nitrogens with zero attached hydrogens (tertiary/aromatic N) is 4. The van der Waals surface area contributed by atoms with Crippen molar-refractivity contribution in [2.45, 2.75) is 13.0 Å². The van der Waals surface area contributed by atoms with Crippen LogP contribution in [0.3, 0.4) is 0 Å². The average Bonchev–Trinajstić information content (AvgIpc) is 2.67. The minimum Gasteiger partial charge on any atom is -0.391 e. The first-order chi connectivity index (χ1) is 8.54. The molecule has 0 aliphatic rings. The van der Waals surface area contributed by atoms with Crippen molar-refractivity contribution in [2.24, 2.45) is 0 Å². The molecule has 2 aromatic heterocycles. The predicted octanol–water partition coefficient (Wildman–Crippen LogP) is 2.40. The molecule has 2 rings (SSSR count). The van der Waals surface area contributed by atoms with Crippen molar-refractivity contribution in [3.63, 3.8) is 0 Å². The summed E-state index contributed by atoms with van der Waals surface area (Å²) >= 11 is 11.4. The van der Waals surface area contributed by atoms with Crippen molar-refractivity contribution < 1.29 is 13.9 Å². The van der Waals surface area contributed by atoms with Gasteiger partial charge in [0, 0.05) is 5.56 Å². The highest BCUT2D eigenvalue weighted by molar-refractivity contribution is 6.30. The van der Waals surface area contributed by atoms with Crippen LogP contribution in [0.1, 0.15) is 17.7 Å². The standard InChI is InChI=1S/C9H6Cl2F2N4O/c10-5-1-2-6(15-14-5)17-8(11)4(3-18)7(16-17)9(12)13/h1-2,9,18H,3H2. The van der Waals surface area contributed by atoms with Crippen molar-refractivity contribution >= 4 is 23.2 Å². The van der Waals surface area contributed by atoms with Crippen LogP contribution in [-0.4, -0.2) is 25.1 Å². The molecule has 0 radical (unpaired) electrons. The van der Waals surface area contributed by atoms with Gasteiger partial charge in [0.25, 0.3) is 6.43 Å². The Morgan fingerprint density at radius 2 is 2.00 bits per heavy atom. The van der Waals surface area contributed by atoms with Gasteiger partial charge in [0.05, 0.1) is 6.61 Å². The summed E-state index contributed by atoms with van der Waals surface area (Å²) in [5.74, 6) is 0.131. The molecule has 96 valence electrons. The summed E-state index contributed by atoms with van der Waals surface area (Å²) in [5.41, 5.74) is -0.720. The molecule has 0 saturated carbocycles. The van der Waals surface area contributed by atoms with Crippen LogP contribution in [0.5, 0.6) is 0 Å². The molecule has 0 aromatic carbocycles. The van der Waals surface area contributed by atoms with Gasteiger partial charge in [-0.3, -0.25) is 0 Å². The molecule has 0 amide bonds. The van der Waals surface area contributed by atoms with Gasteiger partial charge >= 0.3 is 0 Å². The van der Waals surface area contributed by atoms with E-state index >= 15 is 0 Å². The first kappa shape index (κ1) is 13.1. The highest BCUT2D eigenvalue weighted by atomic mass is 35.5. The molecule has 18 heavy (non-hydrogen) atoms. The molecular formula is C9H6Cl2F2N4O. The highest BCUT2D eigenvalue weighted by Crippen LogP contribution is 2.29. The molecule has 0 bridgehead atoms. The van der Waals surface area contributed by atoms with E-state index in [2.05, 4.69) is 15.3 Å². The van der Waals surface area contributed by atoms with Crippen LogP contribution in [-0.2, 0) is 6.61 Å². The number of halogens is 4. The molecule has 5 nitrogen and oxygen atoms in total. The molecule has 0 aliphatic carbocycles. The first-order valence-corrected chi connectivity index (χ1v) is 5.46. The van der Waals surface area contributed by atoms with Crippen LogP contribution in [0.25, 0.3) is 5.82 Å². The number of rotatable bonds is 3. The second kappa shape index (κ2) is 5.13. The predicted molar refractivity (Wildman–Crippen MR) is 60.1 cm³/mol. The SMILES string of the molecule is OCc1c(C(F)F)nn(-c2ccc(Cl)nn2)c1Cl. The quantitative estimate of drug-likeness (QED) is 0.944. The van der Waals surface area contributed by atoms with Crippen LogP contribution in [0.4, 0.5) is 8.78 Å². The van der Waals surface area contributed by atoms with Gasteiger partial charge < -0.3 is 5.11 Å². The van der Waals surface area contributed by atoms with E-state index in [0.29, 0.717) is 0 Å². The lowest BCUT2D eigenvalue weighted by Gasteiger charge is -2.00. The Kier molecular flexibility index (Phi) is 3.74. The zero-order valence-corrected chi connectivity index (χ0v) is 10.2. The van der Waals surface area contributed by atoms with Gasteiger partial charge in [0.15, 0.2) is 11.0 Å². The Morgan fingerprint density at radius 1 is 1.28 bits per heavy atom. The van der Waals surface area contributed by atoms with E-state index in [0.717, 1.165) is 4.68 Å². The van der Waals surface area contributed by atoms with Gasteiger partial charge in [-0.05, 0) is 12.1 Å². The largest absolute Gasteiger partial charge is 0.391 e. The van der Waals surface area contributed by atoms with Gasteiger partial charge in [0.1, 0.15) is 10.8 Å². The number of aliphatic hydroxyl groups is 1. The minimum atomic E-state index is -2.84. The Bertz CT molecular complexity index is 558. The average molecular weight is 295 g/mol. The zero-order chi connectivity index (χ0) is 13.3. The summed E-state index contributed by atoms with van der Waals surface area (Å²) in [6.07, 6.45) is -2.84. The molecule has 0 saturated heterocycles. The summed E-state index contributed by atoms with van der Waals surface area (Å²) in [6.45, 7) is -0.639. The molecule has 9 heteroatoms. The topological polar surface area (TPSA) is 63.8 Å². The minimum absolute atomic E-state index is 0.131. The van der Waals surface area contributed by atoms with Crippen molar-refractivity contribution in [1.29, 1.82) is 0 Å². The summed E-state index contributed by atoms with van der Waals surface area (Å²) in [7, 11) is 0. The van der Waals surface area contributed by atoms with Crippen LogP contribution >= 0.6 is 23.2 Å². The summed E-state index contributed by atoms with van der Waals surface area (Å²) in [6, 6.07) is 2.84. The van der Waals surface area contributed by atoms with Gasteiger partial charge in [-0.1, -0.05) is 23.2 Å². The van der Waals surface area contributed by atoms with Gasteiger partial charge in [-0.25, -0.2) is 13.5 Å². The maximum atomic E-state index is 12.7. The Labute approximate surface area is 110 Å². The second-order valence-corrected chi connectivity index (χ2v) is 3.98. The number of alkyl halides is 2. The maximum absolute atomic E-state index is 12.7. The molecule has 2 heterocycles. The molecular weight excluding hydrogens is 289 g/mol. The van der Waals surface area contributed by atoms with Crippen LogP contribution in [0, 0.1) is 0 Å². The van der Waals surface area contributed by atoms with E-state index in [1.165, 1.54) is 12.1 Å². The third-order valence-corrected chi connectivity index (χ3v) is 2.74. The Hall–Kier alpha value is -1.31. The van der Waals surface area contributed by atoms with E-state index in [9.17, 15) is 8.78 Å². The fraction of sp³-hybridized carbons (Fsp3) is 0.222. The van der Waals surface area contributed by atoms with E-state index in [1.54, 1.807) is 0 Å². The smallest absolute Gasteiger partial charge is 0.282 e. The lowest BCUT2D eigenvalue weighted by atomic mass is 10.3. The van der Waals surface area contributed by atoms with Crippen molar-refractivity contribution in [3.8, 4) is 5.82 Å². The van der Waals surface area contributed by atoms with E-state index in [4.69, 9.17) is 28.3 Å². The van der Waals surface area contributed by atoms with Gasteiger partial charge in [0.2, 0.25) is 0 Å². The van der Waals surface area contributed by atoms with E-state index in [-0.39, 0.29) is 21.7 Å². The maximum Gasteiger partial charge on any atom is 0.282 e. The van der Waals surface area contributed by atoms with Crippen molar-refractivity contribution in [1.82, 2.24) is 20.0 Å². The number of hydrogen-bond acceptors (Lipinski definition) is 4. The third-order valence-electron chi connectivity index (χ3n) is 2.15. The number of aliphatic hydroxyl groups excluding tert-OH is 1. The fourth-order valence-electron chi connectivity index (χ4n) is 1.34. The fourth-order valence-corrected chi connectivity index (χ4v) is 1.72. The van der Waals surface area contributed by atoms with Gasteiger partial charge in [-0.2, -0.15) is 5.10 Å². The zero-order valence-electron chi connectivity index (χ0n) is 8.69. The van der Waals surface area contributed by atoms with Crippen LogP contribution in [0.2, 0.25) is 10.3 Å². The normalized spacial score (nSPS) is 11.2. The van der Waals surface area contributed by atoms with Crippen LogP contribution < -0.4 is 0 Å². The summed E-state index contributed by atoms with van der Waals surface area (Å²) in [4.78, 5) is 0. The lowest BCUT2D eigenvalue weighted by molar-refractivity contribution is 0.141. The number of aromatic nitrogens is 4. The molecule has 0 fully saturated rings. The first-order valence-electron chi connectivity index (χ1n) is 4.70. The monoisotopic (exact) mass is 294 g/mol. The molecule has 0 aliphatic heterocycles. The molecule has 0 spiro atoms. The van der Waals surface area contributed by atoms with Crippen LogP contribution in [0.15, 0.2) is 12.1 Å². The Balaban J connectivity index is 2.55. The lowest BCUT2D eigenvalue weighted by Crippen LogP contribution is -2.01. The highest BCUT2D eigenvalue weighted by Gasteiger charge is 2.23.